The van der Waals surface area contributed by atoms with Gasteiger partial charge in [-0.1, -0.05) is 18.2 Å². The second-order valence-electron chi connectivity index (χ2n) is 5.70. The molecule has 3 rings (SSSR count). The van der Waals surface area contributed by atoms with Crippen LogP contribution in [0.25, 0.3) is 0 Å². The first-order valence-corrected chi connectivity index (χ1v) is 8.32. The number of carbonyl (C=O) groups is 1. The van der Waals surface area contributed by atoms with Gasteiger partial charge in [-0.3, -0.25) is 4.79 Å². The van der Waals surface area contributed by atoms with Gasteiger partial charge in [0.25, 0.3) is 5.91 Å². The number of nitrogens with zero attached hydrogens (tertiary/aromatic N) is 3. The molecule has 1 aromatic carbocycles. The van der Waals surface area contributed by atoms with Gasteiger partial charge >= 0.3 is 0 Å². The van der Waals surface area contributed by atoms with Gasteiger partial charge in [0, 0.05) is 37.8 Å². The number of ether oxygens (including phenoxy) is 1. The number of hydrogen-bond acceptors (Lipinski definition) is 5. The molecule has 0 radical (unpaired) electrons. The Morgan fingerprint density at radius 1 is 1.29 bits per heavy atom. The number of rotatable bonds is 6. The maximum absolute atomic E-state index is 12.7. The zero-order chi connectivity index (χ0) is 16.8. The molecule has 1 aromatic heterocycles. The average molecular weight is 326 g/mol. The van der Waals surface area contributed by atoms with Crippen molar-refractivity contribution < 1.29 is 9.53 Å². The molecule has 1 N–H and O–H groups in total. The Hall–Kier alpha value is -2.47. The van der Waals surface area contributed by atoms with Crippen LogP contribution in [0, 0.1) is 0 Å². The van der Waals surface area contributed by atoms with E-state index in [0.717, 1.165) is 25.1 Å². The highest BCUT2D eigenvalue weighted by atomic mass is 16.5. The van der Waals surface area contributed by atoms with Crippen LogP contribution in [-0.2, 0) is 4.74 Å². The Kier molecular flexibility index (Phi) is 5.38. The molecule has 0 spiro atoms. The molecule has 0 bridgehead atoms. The molecule has 0 aliphatic carbocycles. The summed E-state index contributed by atoms with van der Waals surface area (Å²) in [5, 5.41) is 3.16. The number of carbonyl (C=O) groups excluding carboxylic acids is 1. The predicted octanol–water partition coefficient (Wildman–Crippen LogP) is 2.73. The summed E-state index contributed by atoms with van der Waals surface area (Å²) in [7, 11) is 0. The standard InChI is InChI=1S/C18H22N4O2/c1-2-22(15-7-4-3-5-8-15)17(23)14-11-19-18(20-12-14)21-13-16-9-6-10-24-16/h3-5,7-8,11-12,16H,2,6,9-10,13H2,1H3,(H,19,20,21). The normalized spacial score (nSPS) is 16.8. The number of aromatic nitrogens is 2. The summed E-state index contributed by atoms with van der Waals surface area (Å²) >= 11 is 0. The van der Waals surface area contributed by atoms with E-state index in [4.69, 9.17) is 4.74 Å². The van der Waals surface area contributed by atoms with Crippen molar-refractivity contribution in [2.75, 3.05) is 29.9 Å². The maximum Gasteiger partial charge on any atom is 0.261 e. The molecule has 24 heavy (non-hydrogen) atoms. The molecule has 1 aliphatic rings. The van der Waals surface area contributed by atoms with Gasteiger partial charge in [0.05, 0.1) is 11.7 Å². The first kappa shape index (κ1) is 16.4. The van der Waals surface area contributed by atoms with Gasteiger partial charge in [0.1, 0.15) is 0 Å². The van der Waals surface area contributed by atoms with Crippen molar-refractivity contribution in [3.05, 3.63) is 48.3 Å². The predicted molar refractivity (Wildman–Crippen MR) is 93.3 cm³/mol. The van der Waals surface area contributed by atoms with Crippen molar-refractivity contribution in [2.24, 2.45) is 0 Å². The average Bonchev–Trinajstić information content (AvgIpc) is 3.15. The fourth-order valence-corrected chi connectivity index (χ4v) is 2.75. The number of amides is 1. The molecule has 6 nitrogen and oxygen atoms in total. The van der Waals surface area contributed by atoms with Gasteiger partial charge in [0.2, 0.25) is 5.95 Å². The van der Waals surface area contributed by atoms with Crippen LogP contribution in [0.3, 0.4) is 0 Å². The molecule has 1 fully saturated rings. The molecule has 1 atom stereocenters. The third kappa shape index (κ3) is 3.89. The van der Waals surface area contributed by atoms with Crippen LogP contribution in [0.4, 0.5) is 11.6 Å². The number of para-hydroxylation sites is 1. The molecule has 1 saturated heterocycles. The summed E-state index contributed by atoms with van der Waals surface area (Å²) in [6.07, 6.45) is 5.53. The van der Waals surface area contributed by atoms with Gasteiger partial charge in [-0.05, 0) is 31.9 Å². The van der Waals surface area contributed by atoms with E-state index < -0.39 is 0 Å². The molecule has 2 heterocycles. The summed E-state index contributed by atoms with van der Waals surface area (Å²) in [6.45, 7) is 4.05. The summed E-state index contributed by atoms with van der Waals surface area (Å²) in [4.78, 5) is 22.9. The SMILES string of the molecule is CCN(C(=O)c1cnc(NCC2CCCO2)nc1)c1ccccc1. The van der Waals surface area contributed by atoms with Gasteiger partial charge in [-0.2, -0.15) is 0 Å². The first-order valence-electron chi connectivity index (χ1n) is 8.32. The van der Waals surface area contributed by atoms with E-state index in [2.05, 4.69) is 15.3 Å². The van der Waals surface area contributed by atoms with Crippen LogP contribution in [0.15, 0.2) is 42.7 Å². The summed E-state index contributed by atoms with van der Waals surface area (Å²) in [5.41, 5.74) is 1.34. The Morgan fingerprint density at radius 2 is 2.04 bits per heavy atom. The van der Waals surface area contributed by atoms with Gasteiger partial charge in [-0.25, -0.2) is 9.97 Å². The van der Waals surface area contributed by atoms with Crippen LogP contribution < -0.4 is 10.2 Å². The fourth-order valence-electron chi connectivity index (χ4n) is 2.75. The lowest BCUT2D eigenvalue weighted by molar-refractivity contribution is 0.0987. The van der Waals surface area contributed by atoms with E-state index in [9.17, 15) is 4.79 Å². The Labute approximate surface area is 141 Å². The lowest BCUT2D eigenvalue weighted by Crippen LogP contribution is -2.30. The monoisotopic (exact) mass is 326 g/mol. The highest BCUT2D eigenvalue weighted by molar-refractivity contribution is 6.05. The topological polar surface area (TPSA) is 67.4 Å². The largest absolute Gasteiger partial charge is 0.376 e. The summed E-state index contributed by atoms with van der Waals surface area (Å²) in [6, 6.07) is 9.60. The zero-order valence-electron chi connectivity index (χ0n) is 13.8. The Morgan fingerprint density at radius 3 is 2.67 bits per heavy atom. The number of benzene rings is 1. The van der Waals surface area contributed by atoms with Crippen LogP contribution in [0.1, 0.15) is 30.1 Å². The van der Waals surface area contributed by atoms with Crippen molar-refractivity contribution >= 4 is 17.5 Å². The third-order valence-electron chi connectivity index (χ3n) is 4.04. The van der Waals surface area contributed by atoms with Crippen molar-refractivity contribution in [1.82, 2.24) is 9.97 Å². The molecular formula is C18H22N4O2. The van der Waals surface area contributed by atoms with Crippen LogP contribution in [0.2, 0.25) is 0 Å². The second-order valence-corrected chi connectivity index (χ2v) is 5.70. The molecule has 0 saturated carbocycles. The molecule has 126 valence electrons. The van der Waals surface area contributed by atoms with Gasteiger partial charge < -0.3 is 15.0 Å². The minimum atomic E-state index is -0.102. The Bertz CT molecular complexity index is 654. The van der Waals surface area contributed by atoms with E-state index in [1.165, 1.54) is 0 Å². The lowest BCUT2D eigenvalue weighted by Gasteiger charge is -2.20. The van der Waals surface area contributed by atoms with Crippen molar-refractivity contribution in [2.45, 2.75) is 25.9 Å². The van der Waals surface area contributed by atoms with Crippen molar-refractivity contribution in [3.8, 4) is 0 Å². The minimum absolute atomic E-state index is 0.102. The number of anilines is 2. The molecule has 1 aliphatic heterocycles. The molecule has 2 aromatic rings. The fraction of sp³-hybridized carbons (Fsp3) is 0.389. The number of nitrogens with one attached hydrogen (secondary N) is 1. The molecule has 1 unspecified atom stereocenters. The highest BCUT2D eigenvalue weighted by Crippen LogP contribution is 2.16. The van der Waals surface area contributed by atoms with E-state index >= 15 is 0 Å². The Balaban J connectivity index is 1.64. The smallest absolute Gasteiger partial charge is 0.261 e. The summed E-state index contributed by atoms with van der Waals surface area (Å²) < 4.78 is 5.55. The summed E-state index contributed by atoms with van der Waals surface area (Å²) in [5.74, 6) is 0.416. The minimum Gasteiger partial charge on any atom is -0.376 e. The zero-order valence-corrected chi connectivity index (χ0v) is 13.8. The van der Waals surface area contributed by atoms with Crippen LogP contribution in [0.5, 0.6) is 0 Å². The second kappa shape index (κ2) is 7.88. The maximum atomic E-state index is 12.7. The molecule has 1 amide bonds. The highest BCUT2D eigenvalue weighted by Gasteiger charge is 2.18. The van der Waals surface area contributed by atoms with Gasteiger partial charge in [0.15, 0.2) is 0 Å². The van der Waals surface area contributed by atoms with Crippen LogP contribution in [-0.4, -0.2) is 41.7 Å². The van der Waals surface area contributed by atoms with E-state index in [1.54, 1.807) is 17.3 Å². The van der Waals surface area contributed by atoms with Crippen LogP contribution >= 0.6 is 0 Å². The van der Waals surface area contributed by atoms with Crippen molar-refractivity contribution in [1.29, 1.82) is 0 Å². The first-order chi connectivity index (χ1) is 11.8. The van der Waals surface area contributed by atoms with E-state index in [0.29, 0.717) is 24.6 Å². The molecular weight excluding hydrogens is 304 g/mol. The quantitative estimate of drug-likeness (QED) is 0.884. The van der Waals surface area contributed by atoms with Gasteiger partial charge in [-0.15, -0.1) is 0 Å². The van der Waals surface area contributed by atoms with E-state index in [-0.39, 0.29) is 12.0 Å². The van der Waals surface area contributed by atoms with Crippen molar-refractivity contribution in [3.63, 3.8) is 0 Å². The lowest BCUT2D eigenvalue weighted by atomic mass is 10.2. The van der Waals surface area contributed by atoms with E-state index in [1.807, 2.05) is 37.3 Å². The third-order valence-corrected chi connectivity index (χ3v) is 4.04. The molecule has 6 heteroatoms. The number of hydrogen-bond donors (Lipinski definition) is 1.